The second-order valence-corrected chi connectivity index (χ2v) is 7.33. The number of ether oxygens (including phenoxy) is 2. The van der Waals surface area contributed by atoms with Crippen molar-refractivity contribution in [1.29, 1.82) is 0 Å². The number of aromatic nitrogens is 3. The van der Waals surface area contributed by atoms with Gasteiger partial charge in [-0.05, 0) is 25.2 Å². The van der Waals surface area contributed by atoms with Crippen LogP contribution in [0.15, 0.2) is 0 Å². The molecule has 1 aliphatic carbocycles. The van der Waals surface area contributed by atoms with Gasteiger partial charge in [-0.25, -0.2) is 4.98 Å². The second-order valence-electron chi connectivity index (χ2n) is 7.33. The predicted octanol–water partition coefficient (Wildman–Crippen LogP) is 2.39. The van der Waals surface area contributed by atoms with Crippen molar-refractivity contribution in [2.24, 2.45) is 11.3 Å². The van der Waals surface area contributed by atoms with Crippen molar-refractivity contribution in [2.45, 2.75) is 58.5 Å². The summed E-state index contributed by atoms with van der Waals surface area (Å²) in [6.45, 7) is 9.57. The monoisotopic (exact) mass is 307 g/mol. The molecule has 1 aromatic heterocycles. The second kappa shape index (κ2) is 5.65. The SMILES string of the molecule is CCOC(=O)[C@@H]1C[C@H]1c1n[nH]c([C@@H]2CCO[C@H]2C(C)(C)C)n1. The Labute approximate surface area is 131 Å². The van der Waals surface area contributed by atoms with Crippen molar-refractivity contribution in [2.75, 3.05) is 13.2 Å². The standard InChI is InChI=1S/C16H25N3O3/c1-5-21-15(20)11-8-10(11)14-17-13(18-19-14)9-6-7-22-12(9)16(2,3)4/h9-12H,5-8H2,1-4H3,(H,17,18,19)/t9-,10-,11-,12-/m1/s1. The summed E-state index contributed by atoms with van der Waals surface area (Å²) in [5.41, 5.74) is 0.0706. The molecule has 1 saturated heterocycles. The van der Waals surface area contributed by atoms with Crippen molar-refractivity contribution in [3.8, 4) is 0 Å². The van der Waals surface area contributed by atoms with Crippen LogP contribution < -0.4 is 0 Å². The molecule has 6 nitrogen and oxygen atoms in total. The summed E-state index contributed by atoms with van der Waals surface area (Å²) in [5.74, 6) is 1.80. The van der Waals surface area contributed by atoms with Gasteiger partial charge >= 0.3 is 5.97 Å². The number of hydrogen-bond donors (Lipinski definition) is 1. The molecule has 0 unspecified atom stereocenters. The minimum absolute atomic E-state index is 0.0677. The van der Waals surface area contributed by atoms with Gasteiger partial charge < -0.3 is 9.47 Å². The Morgan fingerprint density at radius 2 is 2.18 bits per heavy atom. The van der Waals surface area contributed by atoms with E-state index in [1.54, 1.807) is 0 Å². The van der Waals surface area contributed by atoms with Gasteiger partial charge in [0, 0.05) is 18.4 Å². The van der Waals surface area contributed by atoms with Crippen LogP contribution >= 0.6 is 0 Å². The van der Waals surface area contributed by atoms with Crippen LogP contribution in [0, 0.1) is 11.3 Å². The molecule has 2 aliphatic rings. The van der Waals surface area contributed by atoms with Gasteiger partial charge in [0.05, 0.1) is 18.6 Å². The summed E-state index contributed by atoms with van der Waals surface area (Å²) in [5, 5.41) is 7.40. The molecule has 0 spiro atoms. The van der Waals surface area contributed by atoms with E-state index in [1.165, 1.54) is 0 Å². The maximum atomic E-state index is 11.7. The molecule has 0 aromatic carbocycles. The number of rotatable bonds is 4. The molecule has 6 heteroatoms. The number of carbonyl (C=O) groups is 1. The molecule has 0 bridgehead atoms. The van der Waals surface area contributed by atoms with Crippen molar-refractivity contribution in [3.05, 3.63) is 11.6 Å². The first-order chi connectivity index (χ1) is 10.4. The average molecular weight is 307 g/mol. The quantitative estimate of drug-likeness (QED) is 0.864. The van der Waals surface area contributed by atoms with Crippen LogP contribution in [-0.2, 0) is 14.3 Å². The zero-order chi connectivity index (χ0) is 15.9. The summed E-state index contributed by atoms with van der Waals surface area (Å²) in [7, 11) is 0. The fourth-order valence-corrected chi connectivity index (χ4v) is 3.33. The number of nitrogens with one attached hydrogen (secondary N) is 1. The van der Waals surface area contributed by atoms with Crippen molar-refractivity contribution >= 4 is 5.97 Å². The number of nitrogens with zero attached hydrogens (tertiary/aromatic N) is 2. The maximum Gasteiger partial charge on any atom is 0.309 e. The first-order valence-electron chi connectivity index (χ1n) is 8.12. The zero-order valence-electron chi connectivity index (χ0n) is 13.8. The number of esters is 1. The van der Waals surface area contributed by atoms with E-state index in [9.17, 15) is 4.79 Å². The topological polar surface area (TPSA) is 77.1 Å². The van der Waals surface area contributed by atoms with E-state index in [0.717, 1.165) is 31.1 Å². The summed E-state index contributed by atoms with van der Waals surface area (Å²) >= 11 is 0. The highest BCUT2D eigenvalue weighted by molar-refractivity contribution is 5.77. The van der Waals surface area contributed by atoms with Crippen LogP contribution in [0.25, 0.3) is 0 Å². The van der Waals surface area contributed by atoms with E-state index in [4.69, 9.17) is 9.47 Å². The molecule has 122 valence electrons. The smallest absolute Gasteiger partial charge is 0.309 e. The number of hydrogen-bond acceptors (Lipinski definition) is 5. The highest BCUT2D eigenvalue weighted by atomic mass is 16.5. The molecule has 4 atom stereocenters. The first-order valence-corrected chi connectivity index (χ1v) is 8.12. The molecular weight excluding hydrogens is 282 g/mol. The molecule has 22 heavy (non-hydrogen) atoms. The van der Waals surface area contributed by atoms with Crippen LogP contribution in [0.2, 0.25) is 0 Å². The van der Waals surface area contributed by atoms with Crippen molar-refractivity contribution < 1.29 is 14.3 Å². The maximum absolute atomic E-state index is 11.7. The molecule has 2 heterocycles. The van der Waals surface area contributed by atoms with Crippen LogP contribution in [0.4, 0.5) is 0 Å². The molecule has 0 radical (unpaired) electrons. The normalized spacial score (nSPS) is 31.3. The van der Waals surface area contributed by atoms with Gasteiger partial charge in [0.1, 0.15) is 5.82 Å². The van der Waals surface area contributed by atoms with E-state index >= 15 is 0 Å². The molecule has 0 amide bonds. The highest BCUT2D eigenvalue weighted by Gasteiger charge is 2.48. The molecule has 1 aliphatic heterocycles. The predicted molar refractivity (Wildman–Crippen MR) is 80.4 cm³/mol. The van der Waals surface area contributed by atoms with Gasteiger partial charge in [-0.3, -0.25) is 9.89 Å². The van der Waals surface area contributed by atoms with Crippen LogP contribution in [0.3, 0.4) is 0 Å². The number of H-pyrrole nitrogens is 1. The largest absolute Gasteiger partial charge is 0.466 e. The molecule has 1 aromatic rings. The Bertz CT molecular complexity index is 549. The Morgan fingerprint density at radius 3 is 2.86 bits per heavy atom. The van der Waals surface area contributed by atoms with Gasteiger partial charge in [0.2, 0.25) is 0 Å². The van der Waals surface area contributed by atoms with E-state index in [2.05, 4.69) is 36.0 Å². The van der Waals surface area contributed by atoms with Gasteiger partial charge in [-0.2, -0.15) is 5.10 Å². The fourth-order valence-electron chi connectivity index (χ4n) is 3.33. The third-order valence-corrected chi connectivity index (χ3v) is 4.53. The third kappa shape index (κ3) is 2.89. The summed E-state index contributed by atoms with van der Waals surface area (Å²) < 4.78 is 11.0. The third-order valence-electron chi connectivity index (χ3n) is 4.53. The van der Waals surface area contributed by atoms with Gasteiger partial charge in [0.15, 0.2) is 5.82 Å². The zero-order valence-corrected chi connectivity index (χ0v) is 13.8. The Balaban J connectivity index is 1.69. The average Bonchev–Trinajstić information content (AvgIpc) is 2.89. The van der Waals surface area contributed by atoms with Crippen molar-refractivity contribution in [3.63, 3.8) is 0 Å². The Hall–Kier alpha value is -1.43. The lowest BCUT2D eigenvalue weighted by atomic mass is 9.81. The fraction of sp³-hybridized carbons (Fsp3) is 0.812. The van der Waals surface area contributed by atoms with Gasteiger partial charge in [0.25, 0.3) is 0 Å². The Morgan fingerprint density at radius 1 is 1.41 bits per heavy atom. The van der Waals surface area contributed by atoms with E-state index < -0.39 is 0 Å². The summed E-state index contributed by atoms with van der Waals surface area (Å²) in [4.78, 5) is 16.4. The van der Waals surface area contributed by atoms with E-state index in [0.29, 0.717) is 6.61 Å². The highest BCUT2D eigenvalue weighted by Crippen LogP contribution is 2.47. The minimum atomic E-state index is -0.129. The lowest BCUT2D eigenvalue weighted by molar-refractivity contribution is -0.144. The number of aromatic amines is 1. The lowest BCUT2D eigenvalue weighted by Gasteiger charge is -2.29. The number of carbonyl (C=O) groups excluding carboxylic acids is 1. The molecule has 1 N–H and O–H groups in total. The Kier molecular flexibility index (Phi) is 3.97. The molecular formula is C16H25N3O3. The van der Waals surface area contributed by atoms with E-state index in [1.807, 2.05) is 6.92 Å². The minimum Gasteiger partial charge on any atom is -0.466 e. The molecule has 3 rings (SSSR count). The summed E-state index contributed by atoms with van der Waals surface area (Å²) in [6, 6.07) is 0. The first kappa shape index (κ1) is 15.5. The van der Waals surface area contributed by atoms with Crippen molar-refractivity contribution in [1.82, 2.24) is 15.2 Å². The summed E-state index contributed by atoms with van der Waals surface area (Å²) in [6.07, 6.45) is 1.90. The molecule has 1 saturated carbocycles. The van der Waals surface area contributed by atoms with Crippen LogP contribution in [-0.4, -0.2) is 40.5 Å². The van der Waals surface area contributed by atoms with Gasteiger partial charge in [-0.15, -0.1) is 0 Å². The van der Waals surface area contributed by atoms with Crippen LogP contribution in [0.5, 0.6) is 0 Å². The van der Waals surface area contributed by atoms with E-state index in [-0.39, 0.29) is 35.2 Å². The lowest BCUT2D eigenvalue weighted by Crippen LogP contribution is -2.30. The molecule has 2 fully saturated rings. The van der Waals surface area contributed by atoms with Crippen LogP contribution in [0.1, 0.15) is 64.0 Å². The van der Waals surface area contributed by atoms with Gasteiger partial charge in [-0.1, -0.05) is 20.8 Å².